The van der Waals surface area contributed by atoms with Gasteiger partial charge in [0.25, 0.3) is 5.91 Å². The average molecular weight is 458 g/mol. The summed E-state index contributed by atoms with van der Waals surface area (Å²) >= 11 is 0. The predicted molar refractivity (Wildman–Crippen MR) is 112 cm³/mol. The summed E-state index contributed by atoms with van der Waals surface area (Å²) in [7, 11) is -2.71. The summed E-state index contributed by atoms with van der Waals surface area (Å²) in [5.41, 5.74) is 1.54. The van der Waals surface area contributed by atoms with Crippen LogP contribution in [0.25, 0.3) is 0 Å². The molecule has 2 rings (SSSR count). The lowest BCUT2D eigenvalue weighted by Crippen LogP contribution is -2.52. The highest BCUT2D eigenvalue weighted by Gasteiger charge is 2.38. The maximum Gasteiger partial charge on any atom is 0.262 e. The molecule has 3 N–H and O–H groups in total. The van der Waals surface area contributed by atoms with Crippen LogP contribution in [0, 0.1) is 5.92 Å². The number of amides is 2. The van der Waals surface area contributed by atoms with Crippen molar-refractivity contribution in [3.63, 3.8) is 0 Å². The maximum absolute atomic E-state index is 13.4. The van der Waals surface area contributed by atoms with Crippen LogP contribution in [0.5, 0.6) is 5.75 Å². The van der Waals surface area contributed by atoms with Crippen LogP contribution in [0.2, 0.25) is 0 Å². The summed E-state index contributed by atoms with van der Waals surface area (Å²) < 4.78 is 32.8. The van der Waals surface area contributed by atoms with Gasteiger partial charge in [-0.15, -0.1) is 0 Å². The normalized spacial score (nSPS) is 16.4. The summed E-state index contributed by atoms with van der Waals surface area (Å²) in [5.74, 6) is -1.13. The molecule has 1 aliphatic rings. The number of ether oxygens (including phenoxy) is 1. The van der Waals surface area contributed by atoms with E-state index in [1.807, 2.05) is 0 Å². The number of hydrogen-bond acceptors (Lipinski definition) is 7. The van der Waals surface area contributed by atoms with Crippen molar-refractivity contribution in [3.05, 3.63) is 24.3 Å². The zero-order chi connectivity index (χ0) is 23.2. The fraction of sp³-hybridized carbons (Fsp3) is 0.600. The highest BCUT2D eigenvalue weighted by atomic mass is 32.2. The van der Waals surface area contributed by atoms with Crippen molar-refractivity contribution < 1.29 is 33.1 Å². The molecule has 1 aromatic rings. The Morgan fingerprint density at radius 3 is 2.29 bits per heavy atom. The Hall–Kier alpha value is -2.21. The molecule has 31 heavy (non-hydrogen) atoms. The minimum Gasteiger partial charge on any atom is -0.497 e. The molecule has 0 saturated carbocycles. The second-order valence-electron chi connectivity index (χ2n) is 7.82. The molecule has 0 aliphatic carbocycles. The Bertz CT molecular complexity index is 850. The summed E-state index contributed by atoms with van der Waals surface area (Å²) in [6, 6.07) is 4.50. The number of likely N-dealkylation sites (tertiary alicyclic amines) is 1. The molecule has 1 atom stereocenters. The molecular weight excluding hydrogens is 426 g/mol. The Kier molecular flexibility index (Phi) is 8.80. The largest absolute Gasteiger partial charge is 0.497 e. The molecule has 11 heteroatoms. The summed E-state index contributed by atoms with van der Waals surface area (Å²) in [6.07, 6.45) is 0.380. The molecule has 1 saturated heterocycles. The first kappa shape index (κ1) is 25.1. The number of nitrogens with one attached hydrogen (secondary N) is 1. The SMILES string of the molecule is COc1ccc(S(=O)(=O)N(CCC(=O)N2CCC(O)CC2)C(C(=O)NO)C(C)C)cc1. The third-order valence-corrected chi connectivity index (χ3v) is 7.24. The van der Waals surface area contributed by atoms with Crippen LogP contribution < -0.4 is 10.2 Å². The second kappa shape index (κ2) is 10.9. The van der Waals surface area contributed by atoms with E-state index >= 15 is 0 Å². The number of carbonyl (C=O) groups is 2. The van der Waals surface area contributed by atoms with E-state index in [1.54, 1.807) is 18.7 Å². The highest BCUT2D eigenvalue weighted by Crippen LogP contribution is 2.25. The Morgan fingerprint density at radius 2 is 1.81 bits per heavy atom. The number of nitrogens with zero attached hydrogens (tertiary/aromatic N) is 2. The number of aliphatic hydroxyl groups excluding tert-OH is 1. The molecule has 1 heterocycles. The van der Waals surface area contributed by atoms with E-state index in [2.05, 4.69) is 0 Å². The second-order valence-corrected chi connectivity index (χ2v) is 9.71. The Balaban J connectivity index is 2.31. The van der Waals surface area contributed by atoms with Crippen LogP contribution in [-0.2, 0) is 19.6 Å². The minimum absolute atomic E-state index is 0.0572. The van der Waals surface area contributed by atoms with Crippen molar-refractivity contribution in [1.29, 1.82) is 0 Å². The molecule has 1 unspecified atom stereocenters. The third kappa shape index (κ3) is 6.16. The number of carbonyl (C=O) groups excluding carboxylic acids is 2. The first-order valence-electron chi connectivity index (χ1n) is 10.2. The van der Waals surface area contributed by atoms with Crippen molar-refractivity contribution in [3.8, 4) is 5.75 Å². The predicted octanol–water partition coefficient (Wildman–Crippen LogP) is 0.589. The Morgan fingerprint density at radius 1 is 1.23 bits per heavy atom. The number of aliphatic hydroxyl groups is 1. The molecular formula is C20H31N3O7S. The fourth-order valence-electron chi connectivity index (χ4n) is 3.60. The number of hydrogen-bond donors (Lipinski definition) is 3. The third-order valence-electron chi connectivity index (χ3n) is 5.35. The van der Waals surface area contributed by atoms with Crippen molar-refractivity contribution in [2.24, 2.45) is 5.92 Å². The van der Waals surface area contributed by atoms with E-state index in [-0.39, 0.29) is 23.8 Å². The zero-order valence-corrected chi connectivity index (χ0v) is 18.8. The molecule has 0 aromatic heterocycles. The van der Waals surface area contributed by atoms with Gasteiger partial charge in [-0.05, 0) is 43.0 Å². The molecule has 10 nitrogen and oxygen atoms in total. The molecule has 0 bridgehead atoms. The van der Waals surface area contributed by atoms with Gasteiger partial charge in [-0.25, -0.2) is 13.9 Å². The smallest absolute Gasteiger partial charge is 0.262 e. The van der Waals surface area contributed by atoms with E-state index in [9.17, 15) is 28.3 Å². The van der Waals surface area contributed by atoms with E-state index < -0.39 is 34.0 Å². The molecule has 0 radical (unpaired) electrons. The number of benzene rings is 1. The number of sulfonamides is 1. The molecule has 0 spiro atoms. The quantitative estimate of drug-likeness (QED) is 0.365. The lowest BCUT2D eigenvalue weighted by molar-refractivity contribution is -0.136. The molecule has 1 aliphatic heterocycles. The van der Waals surface area contributed by atoms with Crippen molar-refractivity contribution in [1.82, 2.24) is 14.7 Å². The summed E-state index contributed by atoms with van der Waals surface area (Å²) in [6.45, 7) is 3.88. The van der Waals surface area contributed by atoms with E-state index in [4.69, 9.17) is 4.74 Å². The molecule has 1 fully saturated rings. The lowest BCUT2D eigenvalue weighted by atomic mass is 10.0. The van der Waals surface area contributed by atoms with Gasteiger partial charge in [0.05, 0.1) is 18.1 Å². The first-order valence-corrected chi connectivity index (χ1v) is 11.6. The van der Waals surface area contributed by atoms with Crippen molar-refractivity contribution in [2.45, 2.75) is 50.2 Å². The van der Waals surface area contributed by atoms with Crippen LogP contribution in [0.3, 0.4) is 0 Å². The summed E-state index contributed by atoms with van der Waals surface area (Å²) in [4.78, 5) is 26.5. The summed E-state index contributed by atoms with van der Waals surface area (Å²) in [5, 5.41) is 18.8. The van der Waals surface area contributed by atoms with Crippen LogP contribution in [-0.4, -0.2) is 78.6 Å². The standard InChI is InChI=1S/C20H31N3O7S/c1-14(2)19(20(26)21-27)23(13-10-18(25)22-11-8-15(24)9-12-22)31(28,29)17-6-4-16(30-3)5-7-17/h4-7,14-15,19,24,27H,8-13H2,1-3H3,(H,21,26). The number of rotatable bonds is 9. The fourth-order valence-corrected chi connectivity index (χ4v) is 5.32. The van der Waals surface area contributed by atoms with Crippen LogP contribution >= 0.6 is 0 Å². The van der Waals surface area contributed by atoms with Gasteiger partial charge >= 0.3 is 0 Å². The van der Waals surface area contributed by atoms with Gasteiger partial charge in [0, 0.05) is 26.1 Å². The van der Waals surface area contributed by atoms with Crippen LogP contribution in [0.4, 0.5) is 0 Å². The number of piperidine rings is 1. The van der Waals surface area contributed by atoms with Gasteiger partial charge in [-0.2, -0.15) is 4.31 Å². The van der Waals surface area contributed by atoms with Crippen molar-refractivity contribution in [2.75, 3.05) is 26.7 Å². The Labute approximate surface area is 182 Å². The zero-order valence-electron chi connectivity index (χ0n) is 18.0. The van der Waals surface area contributed by atoms with E-state index in [0.29, 0.717) is 31.7 Å². The van der Waals surface area contributed by atoms with Gasteiger partial charge in [0.1, 0.15) is 11.8 Å². The number of methoxy groups -OCH3 is 1. The lowest BCUT2D eigenvalue weighted by Gasteiger charge is -2.33. The maximum atomic E-state index is 13.4. The average Bonchev–Trinajstić information content (AvgIpc) is 2.75. The topological polar surface area (TPSA) is 136 Å². The molecule has 2 amide bonds. The monoisotopic (exact) mass is 457 g/mol. The van der Waals surface area contributed by atoms with Gasteiger partial charge in [0.2, 0.25) is 15.9 Å². The van der Waals surface area contributed by atoms with Gasteiger partial charge in [0.15, 0.2) is 0 Å². The minimum atomic E-state index is -4.17. The first-order chi connectivity index (χ1) is 14.6. The van der Waals surface area contributed by atoms with Crippen LogP contribution in [0.1, 0.15) is 33.1 Å². The van der Waals surface area contributed by atoms with E-state index in [1.165, 1.54) is 36.9 Å². The molecule has 1 aromatic carbocycles. The highest BCUT2D eigenvalue weighted by molar-refractivity contribution is 7.89. The molecule has 174 valence electrons. The van der Waals surface area contributed by atoms with Gasteiger partial charge in [-0.3, -0.25) is 14.8 Å². The van der Waals surface area contributed by atoms with Crippen LogP contribution in [0.15, 0.2) is 29.2 Å². The number of hydroxylamine groups is 1. The van der Waals surface area contributed by atoms with Crippen molar-refractivity contribution >= 4 is 21.8 Å². The van der Waals surface area contributed by atoms with E-state index in [0.717, 1.165) is 4.31 Å². The van der Waals surface area contributed by atoms with Gasteiger partial charge in [-0.1, -0.05) is 13.8 Å². The van der Waals surface area contributed by atoms with Gasteiger partial charge < -0.3 is 14.7 Å².